The van der Waals surface area contributed by atoms with Crippen molar-refractivity contribution in [2.45, 2.75) is 18.8 Å². The molecule has 0 aliphatic heterocycles. The highest BCUT2D eigenvalue weighted by atomic mass is 16.1. The zero-order chi connectivity index (χ0) is 18.2. The van der Waals surface area contributed by atoms with Gasteiger partial charge in [-0.3, -0.25) is 9.78 Å². The predicted molar refractivity (Wildman–Crippen MR) is 103 cm³/mol. The van der Waals surface area contributed by atoms with Crippen LogP contribution < -0.4 is 5.32 Å². The fraction of sp³-hybridized carbons (Fsp3) is 0.143. The molecular weight excluding hydrogens is 338 g/mol. The molecule has 1 aliphatic rings. The van der Waals surface area contributed by atoms with Gasteiger partial charge in [0, 0.05) is 29.6 Å². The third-order valence-corrected chi connectivity index (χ3v) is 4.75. The molecule has 6 heteroatoms. The molecule has 1 saturated carbocycles. The minimum atomic E-state index is -0.224. The maximum Gasteiger partial charge on any atom is 0.258 e. The van der Waals surface area contributed by atoms with Crippen molar-refractivity contribution in [2.75, 3.05) is 5.32 Å². The lowest BCUT2D eigenvalue weighted by Gasteiger charge is -2.10. The molecule has 0 radical (unpaired) electrons. The topological polar surface area (TPSA) is 72.2 Å². The molecule has 1 amide bonds. The number of aromatic nitrogens is 4. The van der Waals surface area contributed by atoms with E-state index in [0.717, 1.165) is 35.3 Å². The van der Waals surface area contributed by atoms with Crippen molar-refractivity contribution in [1.82, 2.24) is 19.6 Å². The number of fused-ring (bicyclic) bond motifs is 1. The molecule has 1 aromatic carbocycles. The molecule has 3 aromatic heterocycles. The van der Waals surface area contributed by atoms with Crippen LogP contribution in [0.3, 0.4) is 0 Å². The van der Waals surface area contributed by atoms with Gasteiger partial charge >= 0.3 is 0 Å². The van der Waals surface area contributed by atoms with Crippen LogP contribution >= 0.6 is 0 Å². The summed E-state index contributed by atoms with van der Waals surface area (Å²) in [5, 5.41) is 7.45. The first kappa shape index (κ1) is 15.7. The first-order valence-corrected chi connectivity index (χ1v) is 8.95. The summed E-state index contributed by atoms with van der Waals surface area (Å²) in [5.74, 6) is 0.889. The number of benzene rings is 1. The van der Waals surface area contributed by atoms with Crippen LogP contribution in [0.4, 0.5) is 5.82 Å². The molecule has 0 bridgehead atoms. The number of pyridine rings is 1. The highest BCUT2D eigenvalue weighted by molar-refractivity contribution is 6.03. The Morgan fingerprint density at radius 2 is 1.93 bits per heavy atom. The van der Waals surface area contributed by atoms with E-state index in [2.05, 4.69) is 15.4 Å². The zero-order valence-corrected chi connectivity index (χ0v) is 14.5. The first-order chi connectivity index (χ1) is 13.3. The summed E-state index contributed by atoms with van der Waals surface area (Å²) in [7, 11) is 0. The van der Waals surface area contributed by atoms with Gasteiger partial charge in [0.1, 0.15) is 5.82 Å². The number of hydrogen-bond donors (Lipinski definition) is 1. The fourth-order valence-corrected chi connectivity index (χ4v) is 3.19. The van der Waals surface area contributed by atoms with E-state index in [9.17, 15) is 4.79 Å². The minimum absolute atomic E-state index is 0.224. The predicted octanol–water partition coefficient (Wildman–Crippen LogP) is 3.92. The Labute approximate surface area is 155 Å². The summed E-state index contributed by atoms with van der Waals surface area (Å²) in [6.45, 7) is 0. The van der Waals surface area contributed by atoms with Crippen LogP contribution in [-0.4, -0.2) is 25.5 Å². The highest BCUT2D eigenvalue weighted by Gasteiger charge is 2.28. The van der Waals surface area contributed by atoms with Crippen LogP contribution in [0, 0.1) is 0 Å². The molecule has 6 nitrogen and oxygen atoms in total. The van der Waals surface area contributed by atoms with Gasteiger partial charge in [-0.2, -0.15) is 9.61 Å². The number of carbonyl (C=O) groups excluding carboxylic acids is 1. The fourth-order valence-electron chi connectivity index (χ4n) is 3.19. The van der Waals surface area contributed by atoms with Gasteiger partial charge in [0.05, 0.1) is 17.5 Å². The Kier molecular flexibility index (Phi) is 3.67. The van der Waals surface area contributed by atoms with Crippen LogP contribution in [0.1, 0.15) is 34.7 Å². The minimum Gasteiger partial charge on any atom is -0.306 e. The number of hydrogen-bond acceptors (Lipinski definition) is 4. The van der Waals surface area contributed by atoms with E-state index < -0.39 is 0 Å². The molecule has 3 heterocycles. The number of nitrogens with zero attached hydrogens (tertiary/aromatic N) is 4. The van der Waals surface area contributed by atoms with E-state index >= 15 is 0 Å². The second-order valence-corrected chi connectivity index (χ2v) is 6.70. The van der Waals surface area contributed by atoms with Crippen LogP contribution in [0.2, 0.25) is 0 Å². The second kappa shape index (κ2) is 6.32. The largest absolute Gasteiger partial charge is 0.306 e. The molecule has 0 spiro atoms. The van der Waals surface area contributed by atoms with Gasteiger partial charge < -0.3 is 5.32 Å². The van der Waals surface area contributed by atoms with Gasteiger partial charge in [-0.25, -0.2) is 4.98 Å². The van der Waals surface area contributed by atoms with Crippen molar-refractivity contribution in [1.29, 1.82) is 0 Å². The molecule has 132 valence electrons. The Hall–Kier alpha value is -3.54. The zero-order valence-electron chi connectivity index (χ0n) is 14.5. The Morgan fingerprint density at radius 1 is 1.07 bits per heavy atom. The molecule has 4 aromatic rings. The van der Waals surface area contributed by atoms with Crippen molar-refractivity contribution in [3.63, 3.8) is 0 Å². The molecule has 0 atom stereocenters. The van der Waals surface area contributed by atoms with Gasteiger partial charge in [0.2, 0.25) is 0 Å². The molecule has 1 N–H and O–H groups in total. The van der Waals surface area contributed by atoms with Crippen molar-refractivity contribution in [3.05, 3.63) is 78.2 Å². The lowest BCUT2D eigenvalue weighted by molar-refractivity contribution is 0.102. The summed E-state index contributed by atoms with van der Waals surface area (Å²) >= 11 is 0. The molecular formula is C21H17N5O. The van der Waals surface area contributed by atoms with Gasteiger partial charge in [-0.05, 0) is 30.9 Å². The standard InChI is InChI=1S/C21H17N5O/c27-21(16-7-4-10-22-12-16)25-19-11-18(15-5-2-1-3-6-15)24-20-17(14-8-9-14)13-23-26(19)20/h1-7,10-14H,8-9H2,(H,25,27). The van der Waals surface area contributed by atoms with Crippen molar-refractivity contribution in [3.8, 4) is 11.3 Å². The summed E-state index contributed by atoms with van der Waals surface area (Å²) < 4.78 is 1.72. The smallest absolute Gasteiger partial charge is 0.258 e. The maximum atomic E-state index is 12.6. The molecule has 1 fully saturated rings. The maximum absolute atomic E-state index is 12.6. The van der Waals surface area contributed by atoms with E-state index in [1.165, 1.54) is 0 Å². The van der Waals surface area contributed by atoms with Crippen molar-refractivity contribution < 1.29 is 4.79 Å². The van der Waals surface area contributed by atoms with Crippen LogP contribution in [0.5, 0.6) is 0 Å². The van der Waals surface area contributed by atoms with Gasteiger partial charge in [0.25, 0.3) is 5.91 Å². The van der Waals surface area contributed by atoms with E-state index in [0.29, 0.717) is 17.3 Å². The third-order valence-electron chi connectivity index (χ3n) is 4.75. The summed E-state index contributed by atoms with van der Waals surface area (Å²) in [6, 6.07) is 15.3. The average Bonchev–Trinajstić information content (AvgIpc) is 3.48. The molecule has 5 rings (SSSR count). The van der Waals surface area contributed by atoms with E-state index in [1.54, 1.807) is 29.0 Å². The van der Waals surface area contributed by atoms with E-state index in [4.69, 9.17) is 4.98 Å². The van der Waals surface area contributed by atoms with Crippen LogP contribution in [0.25, 0.3) is 16.9 Å². The van der Waals surface area contributed by atoms with E-state index in [-0.39, 0.29) is 5.91 Å². The first-order valence-electron chi connectivity index (χ1n) is 8.95. The Balaban J connectivity index is 1.62. The van der Waals surface area contributed by atoms with Crippen molar-refractivity contribution in [2.24, 2.45) is 0 Å². The number of nitrogens with one attached hydrogen (secondary N) is 1. The van der Waals surface area contributed by atoms with Crippen molar-refractivity contribution >= 4 is 17.4 Å². The second-order valence-electron chi connectivity index (χ2n) is 6.70. The number of anilines is 1. The number of amides is 1. The molecule has 1 aliphatic carbocycles. The summed E-state index contributed by atoms with van der Waals surface area (Å²) in [4.78, 5) is 21.5. The molecule has 27 heavy (non-hydrogen) atoms. The molecule has 0 saturated heterocycles. The quantitative estimate of drug-likeness (QED) is 0.602. The van der Waals surface area contributed by atoms with E-state index in [1.807, 2.05) is 42.6 Å². The molecule has 0 unspecified atom stereocenters. The van der Waals surface area contributed by atoms with Gasteiger partial charge in [0.15, 0.2) is 5.65 Å². The average molecular weight is 355 g/mol. The lowest BCUT2D eigenvalue weighted by Crippen LogP contribution is -2.15. The number of carbonyl (C=O) groups is 1. The SMILES string of the molecule is O=C(Nc1cc(-c2ccccc2)nc2c(C3CC3)cnn12)c1cccnc1. The summed E-state index contributed by atoms with van der Waals surface area (Å²) in [6.07, 6.45) is 7.38. The number of rotatable bonds is 4. The summed E-state index contributed by atoms with van der Waals surface area (Å²) in [5.41, 5.74) is 4.26. The normalized spacial score (nSPS) is 13.6. The van der Waals surface area contributed by atoms with Gasteiger partial charge in [-0.15, -0.1) is 0 Å². The van der Waals surface area contributed by atoms with Crippen LogP contribution in [0.15, 0.2) is 67.1 Å². The Morgan fingerprint density at radius 3 is 2.67 bits per heavy atom. The van der Waals surface area contributed by atoms with Crippen LogP contribution in [-0.2, 0) is 0 Å². The Bertz CT molecular complexity index is 1120. The third kappa shape index (κ3) is 2.95. The highest BCUT2D eigenvalue weighted by Crippen LogP contribution is 2.42. The van der Waals surface area contributed by atoms with Gasteiger partial charge in [-0.1, -0.05) is 30.3 Å². The lowest BCUT2D eigenvalue weighted by atomic mass is 10.1. The monoisotopic (exact) mass is 355 g/mol.